The molecule has 0 aromatic heterocycles. The Kier molecular flexibility index (Phi) is 3.98. The lowest BCUT2D eigenvalue weighted by molar-refractivity contribution is 0.295. The number of hydrogen-bond donors (Lipinski definition) is 0. The topological polar surface area (TPSA) is 3.24 Å². The largest absolute Gasteiger partial charge is 0.294 e. The van der Waals surface area contributed by atoms with Gasteiger partial charge in [0.15, 0.2) is 0 Å². The molecule has 0 aliphatic carbocycles. The Labute approximate surface area is 99.9 Å². The fraction of sp³-hybridized carbons (Fsp3) is 0.385. The first-order chi connectivity index (χ1) is 7.34. The summed E-state index contributed by atoms with van der Waals surface area (Å²) < 4.78 is 1.33. The molecule has 15 heavy (non-hydrogen) atoms. The summed E-state index contributed by atoms with van der Waals surface area (Å²) in [6, 6.07) is 10.7. The quantitative estimate of drug-likeness (QED) is 0.791. The average molecular weight is 266 g/mol. The van der Waals surface area contributed by atoms with Crippen molar-refractivity contribution in [3.63, 3.8) is 0 Å². The molecule has 0 fully saturated rings. The minimum absolute atomic E-state index is 1.05. The zero-order chi connectivity index (χ0) is 10.5. The summed E-state index contributed by atoms with van der Waals surface area (Å²) >= 11 is 3.61. The summed E-state index contributed by atoms with van der Waals surface area (Å²) in [5.41, 5.74) is 1.40. The molecule has 0 unspecified atom stereocenters. The Morgan fingerprint density at radius 2 is 2.00 bits per heavy atom. The third kappa shape index (κ3) is 3.47. The van der Waals surface area contributed by atoms with Crippen molar-refractivity contribution in [3.05, 3.63) is 46.5 Å². The van der Waals surface area contributed by atoms with Crippen LogP contribution in [0, 0.1) is 0 Å². The second-order valence-corrected chi connectivity index (χ2v) is 5.01. The zero-order valence-corrected chi connectivity index (χ0v) is 10.4. The van der Waals surface area contributed by atoms with E-state index >= 15 is 0 Å². The lowest BCUT2D eigenvalue weighted by Crippen LogP contribution is -2.24. The van der Waals surface area contributed by atoms with E-state index < -0.39 is 0 Å². The molecular formula is C13H16BrN. The van der Waals surface area contributed by atoms with Crippen molar-refractivity contribution in [2.24, 2.45) is 0 Å². The molecule has 2 rings (SSSR count). The molecule has 1 aromatic carbocycles. The highest BCUT2D eigenvalue weighted by Gasteiger charge is 2.09. The van der Waals surface area contributed by atoms with Gasteiger partial charge >= 0.3 is 0 Å². The molecule has 0 radical (unpaired) electrons. The van der Waals surface area contributed by atoms with Gasteiger partial charge in [-0.2, -0.15) is 0 Å². The maximum atomic E-state index is 3.61. The maximum Gasteiger partial charge on any atom is 0.0300 e. The van der Waals surface area contributed by atoms with Crippen LogP contribution in [0.15, 0.2) is 40.9 Å². The van der Waals surface area contributed by atoms with Gasteiger partial charge in [-0.25, -0.2) is 0 Å². The van der Waals surface area contributed by atoms with Crippen LogP contribution in [0.2, 0.25) is 0 Å². The summed E-state index contributed by atoms with van der Waals surface area (Å²) in [4.78, 5) is 2.49. The van der Waals surface area contributed by atoms with E-state index in [-0.39, 0.29) is 0 Å². The van der Waals surface area contributed by atoms with Crippen LogP contribution in [-0.2, 0) is 6.54 Å². The second-order valence-electron chi connectivity index (χ2n) is 3.99. The summed E-state index contributed by atoms with van der Waals surface area (Å²) in [6.07, 6.45) is 4.76. The van der Waals surface area contributed by atoms with Gasteiger partial charge in [0.25, 0.3) is 0 Å². The van der Waals surface area contributed by atoms with E-state index in [4.69, 9.17) is 0 Å². The fourth-order valence-corrected chi connectivity index (χ4v) is 2.49. The summed E-state index contributed by atoms with van der Waals surface area (Å²) in [6.45, 7) is 3.30. The van der Waals surface area contributed by atoms with Crippen LogP contribution >= 0.6 is 15.9 Å². The van der Waals surface area contributed by atoms with Gasteiger partial charge in [-0.1, -0.05) is 52.3 Å². The molecule has 1 heterocycles. The molecule has 1 aliphatic rings. The van der Waals surface area contributed by atoms with Crippen LogP contribution in [0.25, 0.3) is 0 Å². The van der Waals surface area contributed by atoms with Crippen LogP contribution in [-0.4, -0.2) is 18.0 Å². The second kappa shape index (κ2) is 5.47. The van der Waals surface area contributed by atoms with Gasteiger partial charge in [-0.15, -0.1) is 0 Å². The first-order valence-corrected chi connectivity index (χ1v) is 6.25. The first-order valence-electron chi connectivity index (χ1n) is 5.45. The minimum atomic E-state index is 1.05. The third-order valence-corrected chi connectivity index (χ3v) is 3.24. The number of allylic oxidation sites excluding steroid dienone is 1. The van der Waals surface area contributed by atoms with E-state index in [0.29, 0.717) is 0 Å². The normalized spacial score (nSPS) is 18.3. The Hall–Kier alpha value is -0.600. The van der Waals surface area contributed by atoms with E-state index in [2.05, 4.69) is 57.2 Å². The van der Waals surface area contributed by atoms with Crippen LogP contribution in [0.3, 0.4) is 0 Å². The average Bonchev–Trinajstić information content (AvgIpc) is 2.44. The number of hydrogen-bond acceptors (Lipinski definition) is 1. The minimum Gasteiger partial charge on any atom is -0.294 e. The van der Waals surface area contributed by atoms with E-state index in [1.54, 1.807) is 0 Å². The highest BCUT2D eigenvalue weighted by Crippen LogP contribution is 2.16. The summed E-state index contributed by atoms with van der Waals surface area (Å²) in [7, 11) is 0. The molecule has 0 amide bonds. The fourth-order valence-electron chi connectivity index (χ4n) is 1.91. The van der Waals surface area contributed by atoms with Gasteiger partial charge in [0.05, 0.1) is 0 Å². The number of nitrogens with zero attached hydrogens (tertiary/aromatic N) is 1. The lowest BCUT2D eigenvalue weighted by Gasteiger charge is -2.20. The van der Waals surface area contributed by atoms with E-state index in [0.717, 1.165) is 13.1 Å². The van der Waals surface area contributed by atoms with E-state index in [9.17, 15) is 0 Å². The molecule has 1 aromatic rings. The van der Waals surface area contributed by atoms with E-state index in [1.165, 1.54) is 29.4 Å². The summed E-state index contributed by atoms with van der Waals surface area (Å²) in [5, 5.41) is 0. The van der Waals surface area contributed by atoms with Crippen molar-refractivity contribution in [2.45, 2.75) is 19.4 Å². The molecule has 2 heteroatoms. The highest BCUT2D eigenvalue weighted by atomic mass is 79.9. The Bertz CT molecular complexity index is 332. The smallest absolute Gasteiger partial charge is 0.0300 e. The van der Waals surface area contributed by atoms with E-state index in [1.807, 2.05) is 0 Å². The van der Waals surface area contributed by atoms with Crippen LogP contribution in [0.1, 0.15) is 18.4 Å². The van der Waals surface area contributed by atoms with Gasteiger partial charge < -0.3 is 0 Å². The van der Waals surface area contributed by atoms with Crippen LogP contribution in [0.4, 0.5) is 0 Å². The lowest BCUT2D eigenvalue weighted by atomic mass is 10.2. The molecular weight excluding hydrogens is 250 g/mol. The Morgan fingerprint density at radius 1 is 1.20 bits per heavy atom. The van der Waals surface area contributed by atoms with Crippen molar-refractivity contribution in [1.29, 1.82) is 0 Å². The van der Waals surface area contributed by atoms with Gasteiger partial charge in [0.1, 0.15) is 0 Å². The monoisotopic (exact) mass is 265 g/mol. The molecule has 0 N–H and O–H groups in total. The zero-order valence-electron chi connectivity index (χ0n) is 8.82. The highest BCUT2D eigenvalue weighted by molar-refractivity contribution is 9.11. The molecule has 0 spiro atoms. The molecule has 0 saturated heterocycles. The first kappa shape index (κ1) is 10.9. The molecule has 1 aliphatic heterocycles. The molecule has 80 valence electrons. The van der Waals surface area contributed by atoms with Crippen LogP contribution < -0.4 is 0 Å². The Balaban J connectivity index is 1.97. The van der Waals surface area contributed by atoms with Gasteiger partial charge in [0.2, 0.25) is 0 Å². The van der Waals surface area contributed by atoms with Crippen molar-refractivity contribution in [2.75, 3.05) is 13.1 Å². The van der Waals surface area contributed by atoms with Gasteiger partial charge in [0, 0.05) is 17.6 Å². The predicted octanol–water partition coefficient (Wildman–Crippen LogP) is 3.56. The third-order valence-electron chi connectivity index (χ3n) is 2.67. The summed E-state index contributed by atoms with van der Waals surface area (Å²) in [5.74, 6) is 0. The predicted molar refractivity (Wildman–Crippen MR) is 68.0 cm³/mol. The van der Waals surface area contributed by atoms with Crippen molar-refractivity contribution < 1.29 is 0 Å². The van der Waals surface area contributed by atoms with Crippen molar-refractivity contribution in [3.8, 4) is 0 Å². The van der Waals surface area contributed by atoms with Crippen molar-refractivity contribution in [1.82, 2.24) is 4.90 Å². The van der Waals surface area contributed by atoms with Gasteiger partial charge in [-0.3, -0.25) is 4.90 Å². The van der Waals surface area contributed by atoms with Crippen molar-refractivity contribution >= 4 is 15.9 Å². The standard InChI is InChI=1S/C13H16BrN/c14-13-8-4-5-9-15(11-13)10-12-6-2-1-3-7-12/h1-3,6-8H,4-5,9-11H2. The number of rotatable bonds is 2. The van der Waals surface area contributed by atoms with Gasteiger partial charge in [-0.05, 0) is 24.9 Å². The Morgan fingerprint density at radius 3 is 2.80 bits per heavy atom. The SMILES string of the molecule is BrC1=CCCCN(Cc2ccccc2)C1. The molecule has 0 saturated carbocycles. The molecule has 0 bridgehead atoms. The van der Waals surface area contributed by atoms with Crippen LogP contribution in [0.5, 0.6) is 0 Å². The maximum absolute atomic E-state index is 3.61. The molecule has 0 atom stereocenters. The molecule has 1 nitrogen and oxygen atoms in total. The number of halogens is 1. The number of benzene rings is 1.